The van der Waals surface area contributed by atoms with E-state index < -0.39 is 0 Å². The van der Waals surface area contributed by atoms with E-state index in [0.29, 0.717) is 11.0 Å². The average Bonchev–Trinajstić information content (AvgIpc) is 2.56. The zero-order valence-electron chi connectivity index (χ0n) is 11.5. The first-order chi connectivity index (χ1) is 9.58. The number of allylic oxidation sites excluding steroid dienone is 3. The number of fused-ring (bicyclic) bond motifs is 3. The van der Waals surface area contributed by atoms with E-state index in [9.17, 15) is 9.90 Å². The minimum atomic E-state index is -0.389. The Labute approximate surface area is 116 Å². The van der Waals surface area contributed by atoms with Gasteiger partial charge in [0.25, 0.3) is 0 Å². The van der Waals surface area contributed by atoms with Gasteiger partial charge in [-0.25, -0.2) is 4.79 Å². The van der Waals surface area contributed by atoms with E-state index in [1.54, 1.807) is 19.3 Å². The van der Waals surface area contributed by atoms with E-state index in [1.165, 1.54) is 6.08 Å². The minimum Gasteiger partial charge on any atom is -0.508 e. The molecule has 0 aliphatic heterocycles. The van der Waals surface area contributed by atoms with Crippen molar-refractivity contribution in [1.82, 2.24) is 0 Å². The van der Waals surface area contributed by atoms with Crippen LogP contribution in [-0.4, -0.2) is 12.2 Å². The molecule has 4 nitrogen and oxygen atoms in total. The van der Waals surface area contributed by atoms with Gasteiger partial charge in [0.05, 0.1) is 18.4 Å². The Kier molecular flexibility index (Phi) is 3.01. The van der Waals surface area contributed by atoms with Crippen LogP contribution in [0.1, 0.15) is 24.5 Å². The van der Waals surface area contributed by atoms with Crippen LogP contribution in [0.5, 0.6) is 0 Å². The van der Waals surface area contributed by atoms with Gasteiger partial charge < -0.3 is 14.3 Å². The third-order valence-electron chi connectivity index (χ3n) is 3.67. The molecule has 20 heavy (non-hydrogen) atoms. The lowest BCUT2D eigenvalue weighted by molar-refractivity contribution is 0.279. The van der Waals surface area contributed by atoms with Gasteiger partial charge in [0.15, 0.2) is 0 Å². The van der Waals surface area contributed by atoms with E-state index in [0.717, 1.165) is 29.4 Å². The number of rotatable bonds is 1. The van der Waals surface area contributed by atoms with Gasteiger partial charge in [0.1, 0.15) is 11.2 Å². The highest BCUT2D eigenvalue weighted by molar-refractivity contribution is 5.59. The highest BCUT2D eigenvalue weighted by Crippen LogP contribution is 2.19. The van der Waals surface area contributed by atoms with Crippen molar-refractivity contribution < 1.29 is 14.3 Å². The van der Waals surface area contributed by atoms with Gasteiger partial charge in [0, 0.05) is 17.7 Å². The predicted molar refractivity (Wildman–Crippen MR) is 76.3 cm³/mol. The standard InChI is InChI=1S/C16H16O4/c1-9-5-10(17)7-15-13(6-9)12-4-3-11(19-2)8-14(12)16(18)20-15/h5-9,17H,3-4H2,1-2H3. The van der Waals surface area contributed by atoms with Crippen molar-refractivity contribution in [2.45, 2.75) is 19.8 Å². The van der Waals surface area contributed by atoms with Crippen molar-refractivity contribution in [3.8, 4) is 0 Å². The van der Waals surface area contributed by atoms with Crippen LogP contribution in [0.3, 0.4) is 0 Å². The fraction of sp³-hybridized carbons (Fsp3) is 0.312. The van der Waals surface area contributed by atoms with Crippen LogP contribution in [0.25, 0.3) is 18.2 Å². The van der Waals surface area contributed by atoms with Gasteiger partial charge in [-0.05, 0) is 30.1 Å². The minimum absolute atomic E-state index is 0.0807. The highest BCUT2D eigenvalue weighted by atomic mass is 16.5. The Morgan fingerprint density at radius 3 is 2.85 bits per heavy atom. The molecule has 0 saturated carbocycles. The maximum Gasteiger partial charge on any atom is 0.343 e. The monoisotopic (exact) mass is 272 g/mol. The molecule has 0 bridgehead atoms. The van der Waals surface area contributed by atoms with Gasteiger partial charge in [0.2, 0.25) is 0 Å². The fourth-order valence-corrected chi connectivity index (χ4v) is 2.74. The Bertz CT molecular complexity index is 793. The summed E-state index contributed by atoms with van der Waals surface area (Å²) in [5.74, 6) is 0.994. The first-order valence-corrected chi connectivity index (χ1v) is 6.63. The lowest BCUT2D eigenvalue weighted by atomic mass is 9.95. The molecule has 1 N–H and O–H groups in total. The van der Waals surface area contributed by atoms with Crippen LogP contribution in [-0.2, 0) is 11.2 Å². The summed E-state index contributed by atoms with van der Waals surface area (Å²) in [5, 5.41) is 10.7. The Morgan fingerprint density at radius 1 is 1.30 bits per heavy atom. The highest BCUT2D eigenvalue weighted by Gasteiger charge is 2.18. The first kappa shape index (κ1) is 12.8. The van der Waals surface area contributed by atoms with E-state index in [1.807, 2.05) is 13.0 Å². The molecule has 104 valence electrons. The van der Waals surface area contributed by atoms with Crippen molar-refractivity contribution in [3.63, 3.8) is 0 Å². The molecule has 0 saturated heterocycles. The van der Waals surface area contributed by atoms with Gasteiger partial charge in [-0.1, -0.05) is 13.0 Å². The molecule has 1 aromatic rings. The van der Waals surface area contributed by atoms with Crippen LogP contribution in [0.15, 0.2) is 26.8 Å². The second-order valence-electron chi connectivity index (χ2n) is 5.14. The number of ether oxygens (including phenoxy) is 1. The topological polar surface area (TPSA) is 59.7 Å². The first-order valence-electron chi connectivity index (χ1n) is 6.63. The van der Waals surface area contributed by atoms with Gasteiger partial charge in [-0.2, -0.15) is 0 Å². The summed E-state index contributed by atoms with van der Waals surface area (Å²) in [7, 11) is 1.60. The zero-order valence-corrected chi connectivity index (χ0v) is 11.5. The molecule has 1 heterocycles. The van der Waals surface area contributed by atoms with E-state index in [-0.39, 0.29) is 17.3 Å². The second-order valence-corrected chi connectivity index (χ2v) is 5.14. The van der Waals surface area contributed by atoms with Crippen LogP contribution < -0.4 is 16.3 Å². The SMILES string of the molecule is COC1=Cc2c(c3c(oc2=O)=CC(O)=CC(C)C=3)CC1. The maximum absolute atomic E-state index is 12.1. The summed E-state index contributed by atoms with van der Waals surface area (Å²) in [6.07, 6.45) is 8.50. The normalized spacial score (nSPS) is 20.4. The van der Waals surface area contributed by atoms with Gasteiger partial charge in [-0.3, -0.25) is 0 Å². The second kappa shape index (κ2) is 4.71. The number of hydrogen-bond acceptors (Lipinski definition) is 4. The number of hydrogen-bond donors (Lipinski definition) is 1. The van der Waals surface area contributed by atoms with E-state index >= 15 is 0 Å². The predicted octanol–water partition coefficient (Wildman–Crippen LogP) is 1.23. The smallest absolute Gasteiger partial charge is 0.343 e. The number of aliphatic hydroxyl groups excluding tert-OH is 1. The van der Waals surface area contributed by atoms with Crippen LogP contribution >= 0.6 is 0 Å². The van der Waals surface area contributed by atoms with Gasteiger partial charge in [-0.15, -0.1) is 0 Å². The van der Waals surface area contributed by atoms with E-state index in [2.05, 4.69) is 0 Å². The molecular formula is C16H16O4. The summed E-state index contributed by atoms with van der Waals surface area (Å²) in [4.78, 5) is 12.1. The quantitative estimate of drug-likeness (QED) is 0.835. The Balaban J connectivity index is 2.37. The van der Waals surface area contributed by atoms with Crippen molar-refractivity contribution in [1.29, 1.82) is 0 Å². The van der Waals surface area contributed by atoms with Crippen LogP contribution in [0.4, 0.5) is 0 Å². The lowest BCUT2D eigenvalue weighted by Gasteiger charge is -2.15. The summed E-state index contributed by atoms with van der Waals surface area (Å²) < 4.78 is 10.6. The van der Waals surface area contributed by atoms with Crippen LogP contribution in [0, 0.1) is 5.92 Å². The molecule has 2 aliphatic rings. The zero-order chi connectivity index (χ0) is 14.3. The summed E-state index contributed by atoms with van der Waals surface area (Å²) >= 11 is 0. The third-order valence-corrected chi connectivity index (χ3v) is 3.67. The molecule has 3 rings (SSSR count). The van der Waals surface area contributed by atoms with E-state index in [4.69, 9.17) is 9.15 Å². The Hall–Kier alpha value is -2.23. The van der Waals surface area contributed by atoms with Crippen molar-refractivity contribution >= 4 is 18.2 Å². The maximum atomic E-state index is 12.1. The van der Waals surface area contributed by atoms with Crippen molar-refractivity contribution in [2.24, 2.45) is 5.92 Å². The van der Waals surface area contributed by atoms with Gasteiger partial charge >= 0.3 is 5.63 Å². The molecule has 0 fully saturated rings. The number of aliphatic hydroxyl groups is 1. The van der Waals surface area contributed by atoms with Crippen LogP contribution in [0.2, 0.25) is 0 Å². The summed E-state index contributed by atoms with van der Waals surface area (Å²) in [6, 6.07) is 0. The molecular weight excluding hydrogens is 256 g/mol. The number of methoxy groups -OCH3 is 1. The lowest BCUT2D eigenvalue weighted by Crippen LogP contribution is -2.36. The average molecular weight is 272 g/mol. The summed E-state index contributed by atoms with van der Waals surface area (Å²) in [5.41, 5.74) is 1.58. The Morgan fingerprint density at radius 2 is 2.10 bits per heavy atom. The molecule has 4 heteroatoms. The largest absolute Gasteiger partial charge is 0.508 e. The molecule has 0 radical (unpaired) electrons. The van der Waals surface area contributed by atoms with Crippen molar-refractivity contribution in [2.75, 3.05) is 7.11 Å². The molecule has 0 amide bonds. The molecule has 1 unspecified atom stereocenters. The molecule has 1 aromatic heterocycles. The van der Waals surface area contributed by atoms with Crippen molar-refractivity contribution in [3.05, 3.63) is 49.8 Å². The summed E-state index contributed by atoms with van der Waals surface area (Å²) in [6.45, 7) is 1.98. The molecule has 2 aliphatic carbocycles. The fourth-order valence-electron chi connectivity index (χ4n) is 2.74. The molecule has 1 atom stereocenters. The molecule has 0 spiro atoms. The third kappa shape index (κ3) is 2.07. The molecule has 0 aromatic carbocycles.